The number of hydrogen-bond acceptors (Lipinski definition) is 4. The maximum Gasteiger partial charge on any atom is 0.179 e. The Bertz CT molecular complexity index is 448. The van der Waals surface area contributed by atoms with Gasteiger partial charge in [0.25, 0.3) is 0 Å². The fourth-order valence-corrected chi connectivity index (χ4v) is 2.97. The average Bonchev–Trinajstić information content (AvgIpc) is 2.50. The molecule has 1 aliphatic heterocycles. The smallest absolute Gasteiger partial charge is 0.179 e. The summed E-state index contributed by atoms with van der Waals surface area (Å²) in [6.45, 7) is 4.69. The molecule has 0 amide bonds. The van der Waals surface area contributed by atoms with E-state index in [1.165, 1.54) is 32.4 Å². The second-order valence-corrected chi connectivity index (χ2v) is 5.80. The van der Waals surface area contributed by atoms with E-state index >= 15 is 0 Å². The van der Waals surface area contributed by atoms with Crippen LogP contribution in [0.5, 0.6) is 11.5 Å². The number of halogens is 1. The average molecular weight is 313 g/mol. The highest BCUT2D eigenvalue weighted by molar-refractivity contribution is 6.32. The lowest BCUT2D eigenvalue weighted by Crippen LogP contribution is -2.33. The number of methoxy groups -OCH3 is 1. The molecule has 1 fully saturated rings. The summed E-state index contributed by atoms with van der Waals surface area (Å²) in [6.07, 6.45) is 3.94. The fourth-order valence-electron chi connectivity index (χ4n) is 2.68. The summed E-state index contributed by atoms with van der Waals surface area (Å²) in [7, 11) is 3.55. The lowest BCUT2D eigenvalue weighted by atomic mass is 10.1. The number of ether oxygens (including phenoxy) is 2. The molecule has 0 aliphatic carbocycles. The van der Waals surface area contributed by atoms with Crippen molar-refractivity contribution in [2.45, 2.75) is 25.8 Å². The van der Waals surface area contributed by atoms with E-state index in [1.54, 1.807) is 7.11 Å². The van der Waals surface area contributed by atoms with Crippen molar-refractivity contribution in [1.82, 2.24) is 10.2 Å². The number of hydrogen-bond donors (Lipinski definition) is 1. The van der Waals surface area contributed by atoms with Crippen LogP contribution in [-0.4, -0.2) is 45.3 Å². The van der Waals surface area contributed by atoms with Crippen molar-refractivity contribution in [2.75, 3.05) is 40.4 Å². The molecule has 0 atom stereocenters. The monoisotopic (exact) mass is 312 g/mol. The van der Waals surface area contributed by atoms with Crippen LogP contribution in [-0.2, 0) is 6.54 Å². The second-order valence-electron chi connectivity index (χ2n) is 5.39. The van der Waals surface area contributed by atoms with Gasteiger partial charge >= 0.3 is 0 Å². The number of piperidine rings is 1. The Hall–Kier alpha value is -0.970. The highest BCUT2D eigenvalue weighted by Gasteiger charge is 2.14. The number of rotatable bonds is 7. The summed E-state index contributed by atoms with van der Waals surface area (Å²) in [5.74, 6) is 1.35. The molecule has 1 heterocycles. The van der Waals surface area contributed by atoms with Gasteiger partial charge in [0, 0.05) is 13.1 Å². The van der Waals surface area contributed by atoms with E-state index in [0.717, 1.165) is 18.7 Å². The van der Waals surface area contributed by atoms with Crippen LogP contribution in [0, 0.1) is 0 Å². The van der Waals surface area contributed by atoms with Crippen molar-refractivity contribution in [1.29, 1.82) is 0 Å². The van der Waals surface area contributed by atoms with E-state index in [2.05, 4.69) is 10.2 Å². The van der Waals surface area contributed by atoms with Gasteiger partial charge in [0.1, 0.15) is 6.61 Å². The first-order valence-corrected chi connectivity index (χ1v) is 7.98. The highest BCUT2D eigenvalue weighted by Crippen LogP contribution is 2.36. The number of nitrogens with one attached hydrogen (secondary N) is 1. The van der Waals surface area contributed by atoms with Crippen LogP contribution in [0.25, 0.3) is 0 Å². The van der Waals surface area contributed by atoms with Crippen LogP contribution in [0.4, 0.5) is 0 Å². The molecular weight excluding hydrogens is 288 g/mol. The number of nitrogens with zero attached hydrogens (tertiary/aromatic N) is 1. The summed E-state index contributed by atoms with van der Waals surface area (Å²) >= 11 is 6.32. The van der Waals surface area contributed by atoms with Gasteiger partial charge in [-0.3, -0.25) is 4.90 Å². The molecule has 0 bridgehead atoms. The Kier molecular flexibility index (Phi) is 6.61. The first-order valence-electron chi connectivity index (χ1n) is 7.60. The Balaban J connectivity index is 1.94. The van der Waals surface area contributed by atoms with Gasteiger partial charge in [0.2, 0.25) is 0 Å². The highest BCUT2D eigenvalue weighted by atomic mass is 35.5. The van der Waals surface area contributed by atoms with E-state index < -0.39 is 0 Å². The molecule has 1 aromatic carbocycles. The largest absolute Gasteiger partial charge is 0.493 e. The zero-order valence-electron chi connectivity index (χ0n) is 13.0. The minimum absolute atomic E-state index is 0.609. The van der Waals surface area contributed by atoms with Crippen molar-refractivity contribution < 1.29 is 9.47 Å². The summed E-state index contributed by atoms with van der Waals surface area (Å²) < 4.78 is 11.3. The lowest BCUT2D eigenvalue weighted by molar-refractivity contribution is 0.180. The molecule has 0 radical (unpaired) electrons. The zero-order chi connectivity index (χ0) is 15.1. The van der Waals surface area contributed by atoms with Crippen molar-refractivity contribution in [3.05, 3.63) is 22.7 Å². The SMILES string of the molecule is CNCc1cc(Cl)c(OCCN2CCCCC2)c(OC)c1. The maximum atomic E-state index is 6.32. The van der Waals surface area contributed by atoms with Gasteiger partial charge in [-0.25, -0.2) is 0 Å². The Labute approximate surface area is 132 Å². The van der Waals surface area contributed by atoms with Gasteiger partial charge in [-0.15, -0.1) is 0 Å². The van der Waals surface area contributed by atoms with Crippen molar-refractivity contribution in [3.63, 3.8) is 0 Å². The molecule has 1 aromatic rings. The van der Waals surface area contributed by atoms with Crippen molar-refractivity contribution in [3.8, 4) is 11.5 Å². The van der Waals surface area contributed by atoms with E-state index in [-0.39, 0.29) is 0 Å². The normalized spacial score (nSPS) is 16.0. The standard InChI is InChI=1S/C16H25ClN2O2/c1-18-12-13-10-14(17)16(15(11-13)20-2)21-9-8-19-6-4-3-5-7-19/h10-11,18H,3-9,12H2,1-2H3. The zero-order valence-corrected chi connectivity index (χ0v) is 13.7. The van der Waals surface area contributed by atoms with Crippen molar-refractivity contribution in [2.24, 2.45) is 0 Å². The van der Waals surface area contributed by atoms with Gasteiger partial charge in [0.15, 0.2) is 11.5 Å². The summed E-state index contributed by atoms with van der Waals surface area (Å²) in [4.78, 5) is 2.44. The quantitative estimate of drug-likeness (QED) is 0.839. The predicted molar refractivity (Wildman–Crippen MR) is 86.6 cm³/mol. The Morgan fingerprint density at radius 3 is 2.67 bits per heavy atom. The van der Waals surface area contributed by atoms with Crippen LogP contribution in [0.15, 0.2) is 12.1 Å². The first-order chi connectivity index (χ1) is 10.2. The van der Waals surface area contributed by atoms with Gasteiger partial charge in [-0.2, -0.15) is 0 Å². The Morgan fingerprint density at radius 1 is 1.24 bits per heavy atom. The molecule has 1 aliphatic rings. The van der Waals surface area contributed by atoms with E-state index in [1.807, 2.05) is 19.2 Å². The van der Waals surface area contributed by atoms with Gasteiger partial charge < -0.3 is 14.8 Å². The van der Waals surface area contributed by atoms with Crippen LogP contribution in [0.2, 0.25) is 5.02 Å². The molecule has 0 unspecified atom stereocenters. The fraction of sp³-hybridized carbons (Fsp3) is 0.625. The van der Waals surface area contributed by atoms with Gasteiger partial charge in [0.05, 0.1) is 12.1 Å². The third kappa shape index (κ3) is 4.77. The van der Waals surface area contributed by atoms with Crippen LogP contribution in [0.3, 0.4) is 0 Å². The van der Waals surface area contributed by atoms with Gasteiger partial charge in [-0.1, -0.05) is 18.0 Å². The van der Waals surface area contributed by atoms with Crippen LogP contribution in [0.1, 0.15) is 24.8 Å². The Morgan fingerprint density at radius 2 is 2.00 bits per heavy atom. The minimum Gasteiger partial charge on any atom is -0.493 e. The second kappa shape index (κ2) is 8.47. The molecule has 0 aromatic heterocycles. The predicted octanol–water partition coefficient (Wildman–Crippen LogP) is 2.93. The number of benzene rings is 1. The lowest BCUT2D eigenvalue weighted by Gasteiger charge is -2.26. The van der Waals surface area contributed by atoms with E-state index in [4.69, 9.17) is 21.1 Å². The van der Waals surface area contributed by atoms with Gasteiger partial charge in [-0.05, 0) is 50.7 Å². The molecular formula is C16H25ClN2O2. The molecule has 21 heavy (non-hydrogen) atoms. The molecule has 118 valence electrons. The topological polar surface area (TPSA) is 33.7 Å². The third-order valence-electron chi connectivity index (χ3n) is 3.77. The molecule has 5 heteroatoms. The van der Waals surface area contributed by atoms with Crippen LogP contribution >= 0.6 is 11.6 Å². The van der Waals surface area contributed by atoms with E-state index in [9.17, 15) is 0 Å². The molecule has 0 saturated carbocycles. The molecule has 1 N–H and O–H groups in total. The summed E-state index contributed by atoms with van der Waals surface area (Å²) in [6, 6.07) is 3.90. The molecule has 4 nitrogen and oxygen atoms in total. The summed E-state index contributed by atoms with van der Waals surface area (Å²) in [5, 5.41) is 3.72. The third-order valence-corrected chi connectivity index (χ3v) is 4.05. The van der Waals surface area contributed by atoms with Crippen molar-refractivity contribution >= 4 is 11.6 Å². The summed E-state index contributed by atoms with van der Waals surface area (Å²) in [5.41, 5.74) is 1.09. The first kappa shape index (κ1) is 16.4. The molecule has 2 rings (SSSR count). The number of likely N-dealkylation sites (tertiary alicyclic amines) is 1. The van der Waals surface area contributed by atoms with Crippen LogP contribution < -0.4 is 14.8 Å². The van der Waals surface area contributed by atoms with E-state index in [0.29, 0.717) is 23.1 Å². The molecule has 0 spiro atoms. The molecule has 1 saturated heterocycles. The minimum atomic E-state index is 0.609. The maximum absolute atomic E-state index is 6.32.